The molecule has 1 saturated heterocycles. The molecule has 0 spiro atoms. The monoisotopic (exact) mass is 221 g/mol. The van der Waals surface area contributed by atoms with Crippen molar-refractivity contribution < 1.29 is 9.52 Å². The number of hydrogen-bond acceptors (Lipinski definition) is 3. The maximum Gasteiger partial charge on any atom is 0.237 e. The van der Waals surface area contributed by atoms with Gasteiger partial charge in [0.2, 0.25) is 5.91 Å². The van der Waals surface area contributed by atoms with Crippen LogP contribution in [0, 0.1) is 5.21 Å². The second-order valence-corrected chi connectivity index (χ2v) is 3.93. The predicted molar refractivity (Wildman–Crippen MR) is 58.5 cm³/mol. The van der Waals surface area contributed by atoms with Crippen molar-refractivity contribution in [1.29, 1.82) is 0 Å². The number of carbonyl (C=O) groups excluding carboxylic acids is 1. The summed E-state index contributed by atoms with van der Waals surface area (Å²) in [5.41, 5.74) is 0.868. The lowest BCUT2D eigenvalue weighted by molar-refractivity contribution is -0.605. The highest BCUT2D eigenvalue weighted by molar-refractivity contribution is 5.82. The van der Waals surface area contributed by atoms with Crippen molar-refractivity contribution in [2.45, 2.75) is 18.9 Å². The van der Waals surface area contributed by atoms with Crippen LogP contribution in [0.4, 0.5) is 0 Å². The second-order valence-electron chi connectivity index (χ2n) is 3.93. The Hall–Kier alpha value is -1.62. The SMILES string of the molecule is O=C1NCCCNC1Cc1ccc[n+]([O-])c1. The molecule has 1 aliphatic rings. The normalized spacial score (nSPS) is 21.2. The van der Waals surface area contributed by atoms with E-state index in [2.05, 4.69) is 10.6 Å². The van der Waals surface area contributed by atoms with Crippen LogP contribution < -0.4 is 15.4 Å². The van der Waals surface area contributed by atoms with Gasteiger partial charge < -0.3 is 15.8 Å². The van der Waals surface area contributed by atoms with E-state index < -0.39 is 0 Å². The zero-order valence-corrected chi connectivity index (χ0v) is 8.98. The van der Waals surface area contributed by atoms with Gasteiger partial charge in [-0.25, -0.2) is 0 Å². The van der Waals surface area contributed by atoms with Gasteiger partial charge in [-0.3, -0.25) is 4.79 Å². The Bertz CT molecular complexity index is 381. The molecule has 0 aliphatic carbocycles. The van der Waals surface area contributed by atoms with Gasteiger partial charge in [0, 0.05) is 24.6 Å². The minimum atomic E-state index is -0.232. The van der Waals surface area contributed by atoms with E-state index in [-0.39, 0.29) is 11.9 Å². The van der Waals surface area contributed by atoms with E-state index >= 15 is 0 Å². The van der Waals surface area contributed by atoms with E-state index in [0.717, 1.165) is 29.8 Å². The van der Waals surface area contributed by atoms with E-state index in [0.29, 0.717) is 6.42 Å². The lowest BCUT2D eigenvalue weighted by Crippen LogP contribution is -2.43. The summed E-state index contributed by atoms with van der Waals surface area (Å²) in [7, 11) is 0. The third-order valence-electron chi connectivity index (χ3n) is 2.64. The summed E-state index contributed by atoms with van der Waals surface area (Å²) < 4.78 is 0.754. The molecule has 86 valence electrons. The predicted octanol–water partition coefficient (Wildman–Crippen LogP) is -0.659. The van der Waals surface area contributed by atoms with Crippen molar-refractivity contribution in [3.8, 4) is 0 Å². The van der Waals surface area contributed by atoms with Gasteiger partial charge in [-0.15, -0.1) is 0 Å². The van der Waals surface area contributed by atoms with Gasteiger partial charge in [0.15, 0.2) is 12.4 Å². The molecule has 1 atom stereocenters. The summed E-state index contributed by atoms with van der Waals surface area (Å²) in [6, 6.07) is 3.32. The van der Waals surface area contributed by atoms with Gasteiger partial charge in [0.05, 0.1) is 6.04 Å². The molecule has 5 heteroatoms. The first-order valence-electron chi connectivity index (χ1n) is 5.44. The number of hydrogen-bond donors (Lipinski definition) is 2. The first-order chi connectivity index (χ1) is 7.75. The number of pyridine rings is 1. The highest BCUT2D eigenvalue weighted by atomic mass is 16.5. The number of nitrogens with one attached hydrogen (secondary N) is 2. The molecule has 1 amide bonds. The van der Waals surface area contributed by atoms with Crippen LogP contribution in [0.5, 0.6) is 0 Å². The Kier molecular flexibility index (Phi) is 3.36. The molecular formula is C11H15N3O2. The molecule has 2 heterocycles. The third kappa shape index (κ3) is 2.70. The molecule has 2 N–H and O–H groups in total. The van der Waals surface area contributed by atoms with Crippen LogP contribution >= 0.6 is 0 Å². The molecule has 1 unspecified atom stereocenters. The molecule has 0 radical (unpaired) electrons. The Morgan fingerprint density at radius 3 is 3.19 bits per heavy atom. The first-order valence-corrected chi connectivity index (χ1v) is 5.44. The van der Waals surface area contributed by atoms with Crippen LogP contribution in [0.3, 0.4) is 0 Å². The molecule has 2 rings (SSSR count). The molecule has 0 aromatic carbocycles. The number of carbonyl (C=O) groups is 1. The lowest BCUT2D eigenvalue weighted by atomic mass is 10.1. The quantitative estimate of drug-likeness (QED) is 0.514. The Balaban J connectivity index is 2.05. The standard InChI is InChI=1S/C11H15N3O2/c15-11-10(12-4-2-5-13-11)7-9-3-1-6-14(16)8-9/h1,3,6,8,10,12H,2,4-5,7H2,(H,13,15). The molecule has 5 nitrogen and oxygen atoms in total. The summed E-state index contributed by atoms with van der Waals surface area (Å²) in [6.45, 7) is 1.55. The van der Waals surface area contributed by atoms with E-state index in [1.54, 1.807) is 6.07 Å². The third-order valence-corrected chi connectivity index (χ3v) is 2.64. The van der Waals surface area contributed by atoms with Crippen molar-refractivity contribution in [1.82, 2.24) is 10.6 Å². The van der Waals surface area contributed by atoms with Gasteiger partial charge in [-0.05, 0) is 19.0 Å². The van der Waals surface area contributed by atoms with Gasteiger partial charge in [0.1, 0.15) is 0 Å². The maximum absolute atomic E-state index is 11.6. The Morgan fingerprint density at radius 1 is 1.50 bits per heavy atom. The number of aromatic nitrogens is 1. The number of rotatable bonds is 2. The van der Waals surface area contributed by atoms with Crippen molar-refractivity contribution in [3.63, 3.8) is 0 Å². The minimum Gasteiger partial charge on any atom is -0.619 e. The molecule has 16 heavy (non-hydrogen) atoms. The molecule has 1 aliphatic heterocycles. The highest BCUT2D eigenvalue weighted by Crippen LogP contribution is 2.02. The largest absolute Gasteiger partial charge is 0.619 e. The van der Waals surface area contributed by atoms with Gasteiger partial charge in [-0.1, -0.05) is 0 Å². The zero-order chi connectivity index (χ0) is 11.4. The topological polar surface area (TPSA) is 68.1 Å². The number of amides is 1. The van der Waals surface area contributed by atoms with E-state index in [9.17, 15) is 10.0 Å². The van der Waals surface area contributed by atoms with Gasteiger partial charge in [-0.2, -0.15) is 4.73 Å². The van der Waals surface area contributed by atoms with Crippen molar-refractivity contribution in [2.75, 3.05) is 13.1 Å². The van der Waals surface area contributed by atoms with Crippen LogP contribution in [0.25, 0.3) is 0 Å². The van der Waals surface area contributed by atoms with Crippen LogP contribution in [0.2, 0.25) is 0 Å². The summed E-state index contributed by atoms with van der Waals surface area (Å²) >= 11 is 0. The fourth-order valence-corrected chi connectivity index (χ4v) is 1.81. The Morgan fingerprint density at radius 2 is 2.38 bits per heavy atom. The zero-order valence-electron chi connectivity index (χ0n) is 8.98. The van der Waals surface area contributed by atoms with E-state index in [1.807, 2.05) is 6.07 Å². The van der Waals surface area contributed by atoms with Crippen molar-refractivity contribution in [2.24, 2.45) is 0 Å². The average Bonchev–Trinajstić information content (AvgIpc) is 2.45. The minimum absolute atomic E-state index is 0.0128. The molecular weight excluding hydrogens is 206 g/mol. The summed E-state index contributed by atoms with van der Waals surface area (Å²) in [6.07, 6.45) is 4.43. The van der Waals surface area contributed by atoms with Crippen LogP contribution in [0.15, 0.2) is 24.5 Å². The van der Waals surface area contributed by atoms with Gasteiger partial charge in [0.25, 0.3) is 0 Å². The smallest absolute Gasteiger partial charge is 0.237 e. The van der Waals surface area contributed by atoms with E-state index in [4.69, 9.17) is 0 Å². The van der Waals surface area contributed by atoms with Gasteiger partial charge >= 0.3 is 0 Å². The molecule has 1 fully saturated rings. The summed E-state index contributed by atoms with van der Waals surface area (Å²) in [5.74, 6) is 0.0128. The molecule has 1 aromatic rings. The fraction of sp³-hybridized carbons (Fsp3) is 0.455. The first kappa shape index (κ1) is 10.9. The van der Waals surface area contributed by atoms with Crippen molar-refractivity contribution in [3.05, 3.63) is 35.3 Å². The van der Waals surface area contributed by atoms with Crippen LogP contribution in [-0.2, 0) is 11.2 Å². The molecule has 1 aromatic heterocycles. The fourth-order valence-electron chi connectivity index (χ4n) is 1.81. The van der Waals surface area contributed by atoms with Crippen molar-refractivity contribution >= 4 is 5.91 Å². The second kappa shape index (κ2) is 4.94. The lowest BCUT2D eigenvalue weighted by Gasteiger charge is -2.13. The maximum atomic E-state index is 11.6. The van der Waals surface area contributed by atoms with Crippen LogP contribution in [-0.4, -0.2) is 25.0 Å². The summed E-state index contributed by atoms with van der Waals surface area (Å²) in [5, 5.41) is 17.1. The molecule has 0 bridgehead atoms. The molecule has 0 saturated carbocycles. The average molecular weight is 221 g/mol. The Labute approximate surface area is 94.1 Å². The summed E-state index contributed by atoms with van der Waals surface area (Å²) in [4.78, 5) is 11.6. The number of nitrogens with zero attached hydrogens (tertiary/aromatic N) is 1. The highest BCUT2D eigenvalue weighted by Gasteiger charge is 2.20. The van der Waals surface area contributed by atoms with Crippen LogP contribution in [0.1, 0.15) is 12.0 Å². The van der Waals surface area contributed by atoms with E-state index in [1.165, 1.54) is 12.4 Å².